The van der Waals surface area contributed by atoms with Crippen LogP contribution in [-0.2, 0) is 0 Å². The Morgan fingerprint density at radius 3 is 2.05 bits per heavy atom. The van der Waals surface area contributed by atoms with Gasteiger partial charge in [-0.25, -0.2) is 0 Å². The number of hydrogen-bond donors (Lipinski definition) is 0. The lowest BCUT2D eigenvalue weighted by molar-refractivity contribution is 0.669. The van der Waals surface area contributed by atoms with E-state index in [9.17, 15) is 0 Å². The summed E-state index contributed by atoms with van der Waals surface area (Å²) >= 11 is 0. The van der Waals surface area contributed by atoms with E-state index in [4.69, 9.17) is 4.42 Å². The molecule has 1 aliphatic rings. The van der Waals surface area contributed by atoms with Crippen molar-refractivity contribution in [2.45, 2.75) is 12.8 Å². The summed E-state index contributed by atoms with van der Waals surface area (Å²) in [6.45, 7) is 0. The molecule has 0 amide bonds. The molecule has 0 atom stereocenters. The second-order valence-corrected chi connectivity index (χ2v) is 14.4. The van der Waals surface area contributed by atoms with Crippen LogP contribution in [0.4, 0.5) is 17.1 Å². The summed E-state index contributed by atoms with van der Waals surface area (Å²) < 4.78 is 8.88. The van der Waals surface area contributed by atoms with Crippen molar-refractivity contribution in [3.63, 3.8) is 0 Å². The zero-order valence-electron chi connectivity index (χ0n) is 30.2. The van der Waals surface area contributed by atoms with E-state index >= 15 is 0 Å². The van der Waals surface area contributed by atoms with Gasteiger partial charge in [0.1, 0.15) is 11.2 Å². The third-order valence-corrected chi connectivity index (χ3v) is 11.2. The minimum atomic E-state index is 0.875. The van der Waals surface area contributed by atoms with Gasteiger partial charge in [0.25, 0.3) is 0 Å². The fourth-order valence-corrected chi connectivity index (χ4v) is 8.68. The number of hydrogen-bond acceptors (Lipinski definition) is 2. The topological polar surface area (TPSA) is 21.3 Å². The van der Waals surface area contributed by atoms with Gasteiger partial charge in [0, 0.05) is 55.7 Å². The Morgan fingerprint density at radius 1 is 0.491 bits per heavy atom. The standard InChI is InChI=1S/C52H36N2O/c1-3-14-35(15-4-1)37-17-11-21-40(32-37)53(42-29-31-46-45-24-9-10-27-49(45)55-50(46)34-42)41-22-12-18-38(33-41)43-25-13-26-48-51(43)47-30-28-36-16-7-8-23-44(36)52(47)54(48)39-19-5-2-6-20-39/h2-3,5-34H,1,4H2. The summed E-state index contributed by atoms with van der Waals surface area (Å²) in [5, 5.41) is 7.22. The highest BCUT2D eigenvalue weighted by molar-refractivity contribution is 6.22. The molecule has 10 aromatic rings. The molecule has 11 rings (SSSR count). The average Bonchev–Trinajstić information content (AvgIpc) is 3.80. The van der Waals surface area contributed by atoms with Crippen molar-refractivity contribution in [3.8, 4) is 16.8 Å². The third-order valence-electron chi connectivity index (χ3n) is 11.2. The van der Waals surface area contributed by atoms with E-state index in [2.05, 4.69) is 191 Å². The first-order valence-corrected chi connectivity index (χ1v) is 19.1. The minimum Gasteiger partial charge on any atom is -0.456 e. The maximum absolute atomic E-state index is 6.44. The first-order chi connectivity index (χ1) is 27.3. The van der Waals surface area contributed by atoms with Gasteiger partial charge >= 0.3 is 0 Å². The molecule has 0 saturated heterocycles. The first kappa shape index (κ1) is 31.4. The molecular weight excluding hydrogens is 669 g/mol. The van der Waals surface area contributed by atoms with Crippen molar-refractivity contribution in [1.29, 1.82) is 0 Å². The second kappa shape index (κ2) is 12.8. The maximum atomic E-state index is 6.44. The number of para-hydroxylation sites is 2. The number of allylic oxidation sites excluding steroid dienone is 4. The smallest absolute Gasteiger partial charge is 0.137 e. The highest BCUT2D eigenvalue weighted by Crippen LogP contribution is 2.44. The number of fused-ring (bicyclic) bond motifs is 8. The fraction of sp³-hybridized carbons (Fsp3) is 0.0385. The van der Waals surface area contributed by atoms with E-state index in [1.165, 1.54) is 49.3 Å². The van der Waals surface area contributed by atoms with E-state index in [-0.39, 0.29) is 0 Å². The summed E-state index contributed by atoms with van der Waals surface area (Å²) in [5.74, 6) is 0. The van der Waals surface area contributed by atoms with Crippen molar-refractivity contribution in [3.05, 3.63) is 200 Å². The molecule has 2 heterocycles. The largest absolute Gasteiger partial charge is 0.456 e. The van der Waals surface area contributed by atoms with Crippen molar-refractivity contribution >= 4 is 77.2 Å². The quantitative estimate of drug-likeness (QED) is 0.172. The third kappa shape index (κ3) is 5.20. The van der Waals surface area contributed by atoms with Crippen molar-refractivity contribution in [1.82, 2.24) is 4.57 Å². The monoisotopic (exact) mass is 704 g/mol. The molecule has 260 valence electrons. The molecular formula is C52H36N2O. The molecule has 0 N–H and O–H groups in total. The van der Waals surface area contributed by atoms with Crippen LogP contribution in [0.2, 0.25) is 0 Å². The Morgan fingerprint density at radius 2 is 1.20 bits per heavy atom. The predicted molar refractivity (Wildman–Crippen MR) is 232 cm³/mol. The molecule has 0 aliphatic heterocycles. The highest BCUT2D eigenvalue weighted by atomic mass is 16.3. The van der Waals surface area contributed by atoms with Gasteiger partial charge in [-0.05, 0) is 101 Å². The summed E-state index contributed by atoms with van der Waals surface area (Å²) in [5.41, 5.74) is 13.4. The molecule has 2 aromatic heterocycles. The summed E-state index contributed by atoms with van der Waals surface area (Å²) in [6, 6.07) is 63.6. The average molecular weight is 705 g/mol. The lowest BCUT2D eigenvalue weighted by atomic mass is 9.97. The van der Waals surface area contributed by atoms with Crippen LogP contribution in [0.15, 0.2) is 199 Å². The molecule has 0 unspecified atom stereocenters. The van der Waals surface area contributed by atoms with Crippen LogP contribution in [0.25, 0.3) is 76.9 Å². The SMILES string of the molecule is C1=CC(c2cccc(N(c3cccc(-c4cccc5c4c4ccc6ccccc6c4n5-c4ccccc4)c3)c3ccc4c(c3)oc3ccccc34)c2)=CCC1. The van der Waals surface area contributed by atoms with Gasteiger partial charge in [-0.1, -0.05) is 127 Å². The van der Waals surface area contributed by atoms with E-state index < -0.39 is 0 Å². The number of benzene rings is 8. The number of aromatic nitrogens is 1. The van der Waals surface area contributed by atoms with E-state index in [0.29, 0.717) is 0 Å². The predicted octanol–water partition coefficient (Wildman–Crippen LogP) is 14.7. The Kier molecular flexibility index (Phi) is 7.31. The van der Waals surface area contributed by atoms with Gasteiger partial charge in [0.05, 0.1) is 11.0 Å². The van der Waals surface area contributed by atoms with Crippen LogP contribution < -0.4 is 4.90 Å². The molecule has 0 spiro atoms. The molecule has 1 aliphatic carbocycles. The highest BCUT2D eigenvalue weighted by Gasteiger charge is 2.21. The van der Waals surface area contributed by atoms with Gasteiger partial charge in [0.2, 0.25) is 0 Å². The van der Waals surface area contributed by atoms with E-state index in [1.807, 2.05) is 12.1 Å². The normalized spacial score (nSPS) is 13.0. The van der Waals surface area contributed by atoms with Crippen LogP contribution in [-0.4, -0.2) is 4.57 Å². The molecule has 55 heavy (non-hydrogen) atoms. The zero-order chi connectivity index (χ0) is 36.3. The van der Waals surface area contributed by atoms with Crippen LogP contribution in [0.3, 0.4) is 0 Å². The molecule has 8 aromatic carbocycles. The zero-order valence-corrected chi connectivity index (χ0v) is 30.2. The molecule has 0 bridgehead atoms. The molecule has 0 radical (unpaired) electrons. The van der Waals surface area contributed by atoms with Crippen LogP contribution in [0.5, 0.6) is 0 Å². The summed E-state index contributed by atoms with van der Waals surface area (Å²) in [6.07, 6.45) is 9.03. The Balaban J connectivity index is 1.13. The number of nitrogens with zero attached hydrogens (tertiary/aromatic N) is 2. The fourth-order valence-electron chi connectivity index (χ4n) is 8.68. The lowest BCUT2D eigenvalue weighted by Gasteiger charge is -2.27. The van der Waals surface area contributed by atoms with Gasteiger partial charge in [0.15, 0.2) is 0 Å². The minimum absolute atomic E-state index is 0.875. The number of furan rings is 1. The van der Waals surface area contributed by atoms with Gasteiger partial charge in [-0.15, -0.1) is 0 Å². The molecule has 3 heteroatoms. The summed E-state index contributed by atoms with van der Waals surface area (Å²) in [7, 11) is 0. The van der Waals surface area contributed by atoms with Crippen molar-refractivity contribution in [2.75, 3.05) is 4.90 Å². The van der Waals surface area contributed by atoms with Gasteiger partial charge in [-0.3, -0.25) is 0 Å². The van der Waals surface area contributed by atoms with Gasteiger partial charge < -0.3 is 13.9 Å². The molecule has 0 saturated carbocycles. The van der Waals surface area contributed by atoms with Crippen LogP contribution in [0.1, 0.15) is 18.4 Å². The summed E-state index contributed by atoms with van der Waals surface area (Å²) in [4.78, 5) is 2.37. The maximum Gasteiger partial charge on any atom is 0.137 e. The van der Waals surface area contributed by atoms with Crippen molar-refractivity contribution < 1.29 is 4.42 Å². The first-order valence-electron chi connectivity index (χ1n) is 19.1. The van der Waals surface area contributed by atoms with Crippen molar-refractivity contribution in [2.24, 2.45) is 0 Å². The number of anilines is 3. The number of rotatable bonds is 6. The molecule has 0 fully saturated rings. The second-order valence-electron chi connectivity index (χ2n) is 14.4. The van der Waals surface area contributed by atoms with Crippen LogP contribution in [0, 0.1) is 0 Å². The van der Waals surface area contributed by atoms with Gasteiger partial charge in [-0.2, -0.15) is 0 Å². The Hall–Kier alpha value is -7.10. The Labute approximate surface area is 319 Å². The van der Waals surface area contributed by atoms with Crippen LogP contribution >= 0.6 is 0 Å². The lowest BCUT2D eigenvalue weighted by Crippen LogP contribution is -2.10. The molecule has 3 nitrogen and oxygen atoms in total. The Bertz CT molecular complexity index is 3160. The van der Waals surface area contributed by atoms with E-state index in [0.717, 1.165) is 63.1 Å². The van der Waals surface area contributed by atoms with E-state index in [1.54, 1.807) is 0 Å².